The molecule has 0 radical (unpaired) electrons. The average molecular weight is 381 g/mol. The topological polar surface area (TPSA) is 40.6 Å². The van der Waals surface area contributed by atoms with Crippen molar-refractivity contribution in [2.45, 2.75) is 25.9 Å². The van der Waals surface area contributed by atoms with Crippen LogP contribution < -0.4 is 10.1 Å². The molecule has 0 saturated carbocycles. The molecule has 3 heterocycles. The number of pyridine rings is 1. The minimum atomic E-state index is 0.649. The van der Waals surface area contributed by atoms with Gasteiger partial charge in [-0.2, -0.15) is 0 Å². The lowest BCUT2D eigenvalue weighted by atomic mass is 10.0. The highest BCUT2D eigenvalue weighted by atomic mass is 16.5. The molecule has 0 bridgehead atoms. The van der Waals surface area contributed by atoms with E-state index in [-0.39, 0.29) is 0 Å². The Labute approximate surface area is 168 Å². The third-order valence-electron chi connectivity index (χ3n) is 5.81. The SMILES string of the molecule is c1cncc(CN2CCN(Cc3ccc(OC[C@@H]4CCCNC4)cc3)CC2)c1. The Morgan fingerprint density at radius 2 is 1.71 bits per heavy atom. The standard InChI is InChI=1S/C23H32N4O/c1-3-21(15-24-9-1)18-27-13-11-26(12-14-27)17-20-5-7-23(8-6-20)28-19-22-4-2-10-25-16-22/h1,3,5-9,15,22,25H,2,4,10-14,16-19H2/t22-/m1/s1. The van der Waals surface area contributed by atoms with Gasteiger partial charge in [0.25, 0.3) is 0 Å². The summed E-state index contributed by atoms with van der Waals surface area (Å²) in [5, 5.41) is 3.45. The number of piperazine rings is 1. The smallest absolute Gasteiger partial charge is 0.119 e. The van der Waals surface area contributed by atoms with Crippen LogP contribution in [0.4, 0.5) is 0 Å². The number of ether oxygens (including phenoxy) is 1. The number of nitrogens with one attached hydrogen (secondary N) is 1. The van der Waals surface area contributed by atoms with E-state index in [1.807, 2.05) is 18.5 Å². The van der Waals surface area contributed by atoms with Gasteiger partial charge in [-0.05, 0) is 48.7 Å². The molecule has 1 aromatic heterocycles. The predicted molar refractivity (Wildman–Crippen MR) is 112 cm³/mol. The van der Waals surface area contributed by atoms with Crippen molar-refractivity contribution in [3.05, 3.63) is 59.9 Å². The molecule has 2 aliphatic heterocycles. The first kappa shape index (κ1) is 19.4. The number of hydrogen-bond acceptors (Lipinski definition) is 5. The summed E-state index contributed by atoms with van der Waals surface area (Å²) in [4.78, 5) is 9.28. The van der Waals surface area contributed by atoms with E-state index in [1.165, 1.54) is 24.0 Å². The highest BCUT2D eigenvalue weighted by Crippen LogP contribution is 2.18. The van der Waals surface area contributed by atoms with Crippen LogP contribution in [0, 0.1) is 5.92 Å². The maximum Gasteiger partial charge on any atom is 0.119 e. The van der Waals surface area contributed by atoms with E-state index in [4.69, 9.17) is 4.74 Å². The van der Waals surface area contributed by atoms with Gasteiger partial charge >= 0.3 is 0 Å². The quantitative estimate of drug-likeness (QED) is 0.800. The maximum absolute atomic E-state index is 6.00. The summed E-state index contributed by atoms with van der Waals surface area (Å²) in [6.45, 7) is 9.56. The van der Waals surface area contributed by atoms with E-state index >= 15 is 0 Å². The average Bonchev–Trinajstić information content (AvgIpc) is 2.76. The largest absolute Gasteiger partial charge is 0.493 e. The molecule has 2 fully saturated rings. The molecule has 150 valence electrons. The monoisotopic (exact) mass is 380 g/mol. The van der Waals surface area contributed by atoms with Gasteiger partial charge in [-0.15, -0.1) is 0 Å². The van der Waals surface area contributed by atoms with Crippen molar-refractivity contribution < 1.29 is 4.74 Å². The van der Waals surface area contributed by atoms with Crippen LogP contribution >= 0.6 is 0 Å². The third kappa shape index (κ3) is 5.77. The Balaban J connectivity index is 1.18. The van der Waals surface area contributed by atoms with Crippen LogP contribution in [-0.4, -0.2) is 60.7 Å². The van der Waals surface area contributed by atoms with Crippen molar-refractivity contribution in [2.75, 3.05) is 45.9 Å². The van der Waals surface area contributed by atoms with Crippen molar-refractivity contribution in [1.29, 1.82) is 0 Å². The summed E-state index contributed by atoms with van der Waals surface area (Å²) in [5.74, 6) is 1.65. The van der Waals surface area contributed by atoms with Crippen LogP contribution in [0.2, 0.25) is 0 Å². The van der Waals surface area contributed by atoms with E-state index in [0.717, 1.165) is 64.7 Å². The fourth-order valence-electron chi connectivity index (χ4n) is 4.08. The molecule has 1 atom stereocenters. The number of hydrogen-bond donors (Lipinski definition) is 1. The minimum absolute atomic E-state index is 0.649. The number of rotatable bonds is 7. The molecule has 5 nitrogen and oxygen atoms in total. The fourth-order valence-corrected chi connectivity index (χ4v) is 4.08. The fraction of sp³-hybridized carbons (Fsp3) is 0.522. The molecule has 28 heavy (non-hydrogen) atoms. The molecular weight excluding hydrogens is 348 g/mol. The lowest BCUT2D eigenvalue weighted by Crippen LogP contribution is -2.45. The Kier molecular flexibility index (Phi) is 6.92. The second-order valence-electron chi connectivity index (χ2n) is 8.08. The van der Waals surface area contributed by atoms with Gasteiger partial charge in [-0.1, -0.05) is 18.2 Å². The maximum atomic E-state index is 6.00. The van der Waals surface area contributed by atoms with E-state index in [2.05, 4.69) is 50.4 Å². The van der Waals surface area contributed by atoms with Gasteiger partial charge in [-0.3, -0.25) is 14.8 Å². The lowest BCUT2D eigenvalue weighted by molar-refractivity contribution is 0.122. The molecule has 2 aromatic rings. The van der Waals surface area contributed by atoms with E-state index < -0.39 is 0 Å². The molecule has 1 N–H and O–H groups in total. The summed E-state index contributed by atoms with van der Waals surface area (Å²) in [7, 11) is 0. The molecule has 0 unspecified atom stereocenters. The predicted octanol–water partition coefficient (Wildman–Crippen LogP) is 2.78. The van der Waals surface area contributed by atoms with Crippen LogP contribution in [0.25, 0.3) is 0 Å². The van der Waals surface area contributed by atoms with Crippen molar-refractivity contribution >= 4 is 0 Å². The molecule has 2 aliphatic rings. The zero-order valence-corrected chi connectivity index (χ0v) is 16.7. The third-order valence-corrected chi connectivity index (χ3v) is 5.81. The molecule has 2 saturated heterocycles. The van der Waals surface area contributed by atoms with Gasteiger partial charge in [0.1, 0.15) is 5.75 Å². The van der Waals surface area contributed by atoms with E-state index in [0.29, 0.717) is 5.92 Å². The number of piperidine rings is 1. The van der Waals surface area contributed by atoms with Crippen LogP contribution in [0.1, 0.15) is 24.0 Å². The molecular formula is C23H32N4O. The number of nitrogens with zero attached hydrogens (tertiary/aromatic N) is 3. The van der Waals surface area contributed by atoms with E-state index in [1.54, 1.807) is 0 Å². The first-order valence-corrected chi connectivity index (χ1v) is 10.6. The highest BCUT2D eigenvalue weighted by molar-refractivity contribution is 5.27. The minimum Gasteiger partial charge on any atom is -0.493 e. The van der Waals surface area contributed by atoms with Crippen molar-refractivity contribution in [3.63, 3.8) is 0 Å². The van der Waals surface area contributed by atoms with Gasteiger partial charge in [0, 0.05) is 64.1 Å². The lowest BCUT2D eigenvalue weighted by Gasteiger charge is -2.34. The second kappa shape index (κ2) is 10.0. The van der Waals surface area contributed by atoms with Crippen molar-refractivity contribution in [3.8, 4) is 5.75 Å². The summed E-state index contributed by atoms with van der Waals surface area (Å²) in [5.41, 5.74) is 2.67. The Bertz CT molecular complexity index is 692. The van der Waals surface area contributed by atoms with Crippen molar-refractivity contribution in [2.24, 2.45) is 5.92 Å². The zero-order chi connectivity index (χ0) is 19.0. The van der Waals surface area contributed by atoms with Crippen LogP contribution in [0.3, 0.4) is 0 Å². The molecule has 1 aromatic carbocycles. The first-order valence-electron chi connectivity index (χ1n) is 10.6. The molecule has 0 aliphatic carbocycles. The van der Waals surface area contributed by atoms with Gasteiger partial charge in [0.15, 0.2) is 0 Å². The Morgan fingerprint density at radius 1 is 0.964 bits per heavy atom. The first-order chi connectivity index (χ1) is 13.8. The Hall–Kier alpha value is -1.95. The molecule has 5 heteroatoms. The summed E-state index contributed by atoms with van der Waals surface area (Å²) in [6, 6.07) is 12.9. The molecule has 4 rings (SSSR count). The van der Waals surface area contributed by atoms with Gasteiger partial charge in [0.05, 0.1) is 6.61 Å². The number of aromatic nitrogens is 1. The zero-order valence-electron chi connectivity index (χ0n) is 16.7. The van der Waals surface area contributed by atoms with Crippen LogP contribution in [-0.2, 0) is 13.1 Å². The molecule has 0 spiro atoms. The Morgan fingerprint density at radius 3 is 2.36 bits per heavy atom. The van der Waals surface area contributed by atoms with E-state index in [9.17, 15) is 0 Å². The summed E-state index contributed by atoms with van der Waals surface area (Å²) < 4.78 is 6.00. The van der Waals surface area contributed by atoms with Gasteiger partial charge in [-0.25, -0.2) is 0 Å². The van der Waals surface area contributed by atoms with Crippen LogP contribution in [0.15, 0.2) is 48.8 Å². The summed E-state index contributed by atoms with van der Waals surface area (Å²) >= 11 is 0. The normalized spacial score (nSPS) is 21.5. The summed E-state index contributed by atoms with van der Waals surface area (Å²) in [6.07, 6.45) is 6.35. The van der Waals surface area contributed by atoms with Gasteiger partial charge < -0.3 is 10.1 Å². The van der Waals surface area contributed by atoms with Gasteiger partial charge in [0.2, 0.25) is 0 Å². The molecule has 0 amide bonds. The highest BCUT2D eigenvalue weighted by Gasteiger charge is 2.17. The van der Waals surface area contributed by atoms with Crippen molar-refractivity contribution in [1.82, 2.24) is 20.1 Å². The number of benzene rings is 1. The second-order valence-corrected chi connectivity index (χ2v) is 8.08. The van der Waals surface area contributed by atoms with Crippen LogP contribution in [0.5, 0.6) is 5.75 Å².